The van der Waals surface area contributed by atoms with Crippen LogP contribution in [0, 0.1) is 0 Å². The Hall–Kier alpha value is -6.64. The molecule has 0 atom stereocenters. The number of para-hydroxylation sites is 2. The lowest BCUT2D eigenvalue weighted by molar-refractivity contribution is 1.15. The average molecular weight is 637 g/mol. The molecule has 0 unspecified atom stereocenters. The summed E-state index contributed by atoms with van der Waals surface area (Å²) >= 11 is 0. The summed E-state index contributed by atoms with van der Waals surface area (Å²) in [5.41, 5.74) is 14.4. The van der Waals surface area contributed by atoms with Crippen molar-refractivity contribution in [3.63, 3.8) is 0 Å². The highest BCUT2D eigenvalue weighted by Crippen LogP contribution is 2.42. The minimum absolute atomic E-state index is 1.14. The quantitative estimate of drug-likeness (QED) is 0.178. The molecule has 234 valence electrons. The van der Waals surface area contributed by atoms with Gasteiger partial charge >= 0.3 is 0 Å². The summed E-state index contributed by atoms with van der Waals surface area (Å²) in [7, 11) is 0. The number of hydrogen-bond acceptors (Lipinski definition) is 0. The molecule has 10 aromatic rings. The number of fused-ring (bicyclic) bond motifs is 7. The first-order chi connectivity index (χ1) is 24.8. The van der Waals surface area contributed by atoms with E-state index in [1.54, 1.807) is 0 Å². The fraction of sp³-hybridized carbons (Fsp3) is 0. The van der Waals surface area contributed by atoms with E-state index in [9.17, 15) is 0 Å². The van der Waals surface area contributed by atoms with Crippen LogP contribution in [-0.4, -0.2) is 9.13 Å². The first-order valence-electron chi connectivity index (χ1n) is 17.2. The number of nitrogens with zero attached hydrogens (tertiary/aromatic N) is 2. The van der Waals surface area contributed by atoms with Crippen molar-refractivity contribution >= 4 is 43.6 Å². The van der Waals surface area contributed by atoms with Crippen LogP contribution in [0.15, 0.2) is 194 Å². The van der Waals surface area contributed by atoms with Crippen LogP contribution in [0.1, 0.15) is 0 Å². The zero-order valence-corrected chi connectivity index (χ0v) is 27.4. The summed E-state index contributed by atoms with van der Waals surface area (Å²) in [6, 6.07) is 70.3. The van der Waals surface area contributed by atoms with E-state index in [0.29, 0.717) is 0 Å². The molecule has 0 radical (unpaired) electrons. The van der Waals surface area contributed by atoms with E-state index >= 15 is 0 Å². The molecule has 2 aromatic heterocycles. The van der Waals surface area contributed by atoms with E-state index in [2.05, 4.69) is 203 Å². The SMILES string of the molecule is c1ccc(-c2ccc(-c3ccc(-n4c5ccccc5c5ccc6c7ccc(-c8ccccc8)cc7n(-c7ccccc7)c6c54)cc3)cc2)cc1. The van der Waals surface area contributed by atoms with Crippen molar-refractivity contribution in [3.05, 3.63) is 194 Å². The van der Waals surface area contributed by atoms with Gasteiger partial charge in [0.15, 0.2) is 0 Å². The highest BCUT2D eigenvalue weighted by molar-refractivity contribution is 6.24. The Bertz CT molecular complexity index is 2810. The Morgan fingerprint density at radius 2 is 0.620 bits per heavy atom. The molecule has 50 heavy (non-hydrogen) atoms. The molecule has 0 aliphatic rings. The zero-order chi connectivity index (χ0) is 33.0. The third kappa shape index (κ3) is 4.50. The van der Waals surface area contributed by atoms with Gasteiger partial charge in [-0.3, -0.25) is 0 Å². The Morgan fingerprint density at radius 3 is 1.22 bits per heavy atom. The van der Waals surface area contributed by atoms with Crippen molar-refractivity contribution in [1.82, 2.24) is 9.13 Å². The smallest absolute Gasteiger partial charge is 0.0788 e. The molecular weight excluding hydrogens is 605 g/mol. The Labute approximate surface area is 290 Å². The minimum Gasteiger partial charge on any atom is -0.307 e. The normalized spacial score (nSPS) is 11.6. The largest absolute Gasteiger partial charge is 0.307 e. The molecule has 8 aromatic carbocycles. The van der Waals surface area contributed by atoms with E-state index in [1.165, 1.54) is 77.0 Å². The average Bonchev–Trinajstić information content (AvgIpc) is 3.72. The van der Waals surface area contributed by atoms with Crippen molar-refractivity contribution in [1.29, 1.82) is 0 Å². The second-order valence-electron chi connectivity index (χ2n) is 13.0. The summed E-state index contributed by atoms with van der Waals surface area (Å²) < 4.78 is 4.93. The molecule has 10 rings (SSSR count). The van der Waals surface area contributed by atoms with Gasteiger partial charge in [0.2, 0.25) is 0 Å². The zero-order valence-electron chi connectivity index (χ0n) is 27.4. The van der Waals surface area contributed by atoms with E-state index in [0.717, 1.165) is 11.4 Å². The number of rotatable bonds is 5. The number of hydrogen-bond donors (Lipinski definition) is 0. The van der Waals surface area contributed by atoms with Gasteiger partial charge in [0.1, 0.15) is 0 Å². The van der Waals surface area contributed by atoms with Gasteiger partial charge in [0, 0.05) is 32.9 Å². The Balaban J connectivity index is 1.21. The number of aromatic nitrogens is 2. The highest BCUT2D eigenvalue weighted by atomic mass is 15.0. The van der Waals surface area contributed by atoms with E-state index in [4.69, 9.17) is 0 Å². The molecule has 2 heteroatoms. The van der Waals surface area contributed by atoms with Crippen LogP contribution in [0.25, 0.3) is 88.4 Å². The van der Waals surface area contributed by atoms with Crippen molar-refractivity contribution < 1.29 is 0 Å². The van der Waals surface area contributed by atoms with Crippen LogP contribution in [0.2, 0.25) is 0 Å². The molecule has 0 aliphatic carbocycles. The van der Waals surface area contributed by atoms with Gasteiger partial charge < -0.3 is 9.13 Å². The molecule has 0 fully saturated rings. The molecule has 2 heterocycles. The van der Waals surface area contributed by atoms with E-state index < -0.39 is 0 Å². The molecular formula is C48H32N2. The standard InChI is InChI=1S/C48H32N2/c1-4-12-33(13-5-1)35-20-22-36(23-21-35)37-24-27-40(28-25-37)49-45-19-11-10-18-41(45)43-30-31-44-42-29-26-38(34-14-6-2-7-15-34)32-46(42)50(48(44)47(43)49)39-16-8-3-9-17-39/h1-32H. The predicted molar refractivity (Wildman–Crippen MR) is 211 cm³/mol. The second-order valence-corrected chi connectivity index (χ2v) is 13.0. The molecule has 0 spiro atoms. The van der Waals surface area contributed by atoms with E-state index in [-0.39, 0.29) is 0 Å². The maximum Gasteiger partial charge on any atom is 0.0788 e. The molecule has 0 bridgehead atoms. The second kappa shape index (κ2) is 11.5. The van der Waals surface area contributed by atoms with Crippen LogP contribution < -0.4 is 0 Å². The summed E-state index contributed by atoms with van der Waals surface area (Å²) in [6.07, 6.45) is 0. The van der Waals surface area contributed by atoms with Crippen LogP contribution in [0.3, 0.4) is 0 Å². The molecule has 0 saturated carbocycles. The fourth-order valence-corrected chi connectivity index (χ4v) is 7.76. The maximum absolute atomic E-state index is 2.47. The van der Waals surface area contributed by atoms with Crippen molar-refractivity contribution in [2.45, 2.75) is 0 Å². The van der Waals surface area contributed by atoms with Gasteiger partial charge in [0.05, 0.1) is 22.1 Å². The van der Waals surface area contributed by atoms with Crippen molar-refractivity contribution in [2.24, 2.45) is 0 Å². The molecule has 0 N–H and O–H groups in total. The topological polar surface area (TPSA) is 9.86 Å². The molecule has 0 amide bonds. The van der Waals surface area contributed by atoms with Gasteiger partial charge in [-0.1, -0.05) is 158 Å². The van der Waals surface area contributed by atoms with Crippen LogP contribution >= 0.6 is 0 Å². The van der Waals surface area contributed by atoms with Gasteiger partial charge in [-0.25, -0.2) is 0 Å². The number of benzene rings is 8. The Kier molecular flexibility index (Phi) is 6.53. The van der Waals surface area contributed by atoms with Crippen LogP contribution in [0.5, 0.6) is 0 Å². The van der Waals surface area contributed by atoms with Gasteiger partial charge in [-0.05, 0) is 69.8 Å². The molecule has 0 aliphatic heterocycles. The lowest BCUT2D eigenvalue weighted by Gasteiger charge is -2.13. The lowest BCUT2D eigenvalue weighted by Crippen LogP contribution is -1.98. The first-order valence-corrected chi connectivity index (χ1v) is 17.2. The van der Waals surface area contributed by atoms with Crippen LogP contribution in [-0.2, 0) is 0 Å². The summed E-state index contributed by atoms with van der Waals surface area (Å²) in [4.78, 5) is 0. The monoisotopic (exact) mass is 636 g/mol. The van der Waals surface area contributed by atoms with Crippen LogP contribution in [0.4, 0.5) is 0 Å². The van der Waals surface area contributed by atoms with Gasteiger partial charge in [0.25, 0.3) is 0 Å². The highest BCUT2D eigenvalue weighted by Gasteiger charge is 2.21. The van der Waals surface area contributed by atoms with Gasteiger partial charge in [-0.2, -0.15) is 0 Å². The Morgan fingerprint density at radius 1 is 0.240 bits per heavy atom. The van der Waals surface area contributed by atoms with Gasteiger partial charge in [-0.15, -0.1) is 0 Å². The van der Waals surface area contributed by atoms with Crippen molar-refractivity contribution in [3.8, 4) is 44.8 Å². The third-order valence-electron chi connectivity index (χ3n) is 10.1. The summed E-state index contributed by atoms with van der Waals surface area (Å²) in [5.74, 6) is 0. The third-order valence-corrected chi connectivity index (χ3v) is 10.1. The molecule has 0 saturated heterocycles. The fourth-order valence-electron chi connectivity index (χ4n) is 7.76. The molecule has 2 nitrogen and oxygen atoms in total. The van der Waals surface area contributed by atoms with Crippen molar-refractivity contribution in [2.75, 3.05) is 0 Å². The lowest BCUT2D eigenvalue weighted by atomic mass is 10.0. The van der Waals surface area contributed by atoms with E-state index in [1.807, 2.05) is 0 Å². The maximum atomic E-state index is 2.47. The summed E-state index contributed by atoms with van der Waals surface area (Å²) in [6.45, 7) is 0. The summed E-state index contributed by atoms with van der Waals surface area (Å²) in [5, 5.41) is 4.99. The first kappa shape index (κ1) is 28.4. The minimum atomic E-state index is 1.14. The predicted octanol–water partition coefficient (Wildman–Crippen LogP) is 12.9.